The maximum Gasteiger partial charge on any atom is 0.207 e. The molecule has 0 unspecified atom stereocenters. The van der Waals surface area contributed by atoms with Crippen molar-refractivity contribution in [3.8, 4) is 11.3 Å². The third-order valence-corrected chi connectivity index (χ3v) is 4.70. The van der Waals surface area contributed by atoms with E-state index in [0.717, 1.165) is 29.7 Å². The molecule has 3 heterocycles. The van der Waals surface area contributed by atoms with E-state index in [1.165, 1.54) is 16.8 Å². The lowest BCUT2D eigenvalue weighted by atomic mass is 10.0. The van der Waals surface area contributed by atoms with Crippen molar-refractivity contribution >= 4 is 22.8 Å². The third kappa shape index (κ3) is 3.13. The van der Waals surface area contributed by atoms with Crippen molar-refractivity contribution in [2.45, 2.75) is 12.8 Å². The molecule has 0 bridgehead atoms. The van der Waals surface area contributed by atoms with E-state index in [1.807, 2.05) is 24.3 Å². The van der Waals surface area contributed by atoms with Gasteiger partial charge >= 0.3 is 0 Å². The van der Waals surface area contributed by atoms with E-state index in [0.29, 0.717) is 11.6 Å². The standard InChI is InChI=1S/C21H18N6/c1-3-16-17(4-1)23-13-24-18(16)11-8-14-6-9-15(10-7-14)25-21-26-19-5-2-12-22-20(19)27-21/h1-7,9-10,12-13H,8,11H2,(H,23,24)(H2,22,25,26,27). The number of hydrogen-bond donors (Lipinski definition) is 3. The van der Waals surface area contributed by atoms with Gasteiger partial charge in [-0.15, -0.1) is 0 Å². The number of rotatable bonds is 5. The molecule has 3 aromatic rings. The first kappa shape index (κ1) is 15.6. The van der Waals surface area contributed by atoms with E-state index in [1.54, 1.807) is 12.5 Å². The van der Waals surface area contributed by atoms with Crippen molar-refractivity contribution in [3.63, 3.8) is 0 Å². The Kier molecular flexibility index (Phi) is 3.79. The van der Waals surface area contributed by atoms with Crippen LogP contribution in [-0.4, -0.2) is 24.9 Å². The number of nitrogens with zero attached hydrogens (tertiary/aromatic N) is 3. The average Bonchev–Trinajstić information content (AvgIpc) is 3.34. The summed E-state index contributed by atoms with van der Waals surface area (Å²) >= 11 is 0. The molecule has 2 aliphatic rings. The second kappa shape index (κ2) is 6.57. The number of aryl methyl sites for hydroxylation is 2. The molecule has 1 aliphatic carbocycles. The summed E-state index contributed by atoms with van der Waals surface area (Å²) in [6.07, 6.45) is 5.43. The lowest BCUT2D eigenvalue weighted by Gasteiger charge is -2.08. The first-order valence-electron chi connectivity index (χ1n) is 8.93. The van der Waals surface area contributed by atoms with E-state index in [4.69, 9.17) is 0 Å². The smallest absolute Gasteiger partial charge is 0.207 e. The molecule has 0 spiro atoms. The summed E-state index contributed by atoms with van der Waals surface area (Å²) in [5.74, 6) is 0.696. The van der Waals surface area contributed by atoms with Gasteiger partial charge in [0.15, 0.2) is 5.65 Å². The van der Waals surface area contributed by atoms with Gasteiger partial charge < -0.3 is 15.3 Å². The Hall–Kier alpha value is -3.67. The Balaban J connectivity index is 1.27. The predicted octanol–water partition coefficient (Wildman–Crippen LogP) is 4.31. The van der Waals surface area contributed by atoms with Crippen molar-refractivity contribution in [2.75, 3.05) is 5.32 Å². The summed E-state index contributed by atoms with van der Waals surface area (Å²) in [6, 6.07) is 18.5. The zero-order valence-corrected chi connectivity index (χ0v) is 14.6. The topological polar surface area (TPSA) is 82.3 Å². The largest absolute Gasteiger partial charge is 0.349 e. The second-order valence-corrected chi connectivity index (χ2v) is 6.49. The number of aromatic nitrogens is 5. The molecule has 6 nitrogen and oxygen atoms in total. The molecule has 0 radical (unpaired) electrons. The van der Waals surface area contributed by atoms with Gasteiger partial charge in [-0.05, 0) is 48.7 Å². The van der Waals surface area contributed by atoms with E-state index in [-0.39, 0.29) is 0 Å². The van der Waals surface area contributed by atoms with Crippen molar-refractivity contribution in [3.05, 3.63) is 78.4 Å². The Morgan fingerprint density at radius 3 is 2.70 bits per heavy atom. The van der Waals surface area contributed by atoms with Crippen LogP contribution in [0.4, 0.5) is 11.6 Å². The van der Waals surface area contributed by atoms with Crippen LogP contribution in [0.1, 0.15) is 11.3 Å². The first-order chi connectivity index (χ1) is 13.3. The Morgan fingerprint density at radius 2 is 1.81 bits per heavy atom. The van der Waals surface area contributed by atoms with Gasteiger partial charge in [0.2, 0.25) is 5.95 Å². The van der Waals surface area contributed by atoms with Gasteiger partial charge in [0.1, 0.15) is 0 Å². The van der Waals surface area contributed by atoms with Crippen LogP contribution in [0.15, 0.2) is 67.1 Å². The summed E-state index contributed by atoms with van der Waals surface area (Å²) < 4.78 is 0. The van der Waals surface area contributed by atoms with Crippen LogP contribution in [0.5, 0.6) is 0 Å². The van der Waals surface area contributed by atoms with Crippen molar-refractivity contribution in [1.82, 2.24) is 24.9 Å². The molecule has 6 heteroatoms. The number of benzene rings is 1. The monoisotopic (exact) mass is 354 g/mol. The fourth-order valence-electron chi connectivity index (χ4n) is 3.31. The van der Waals surface area contributed by atoms with Crippen molar-refractivity contribution in [1.29, 1.82) is 0 Å². The van der Waals surface area contributed by atoms with Crippen LogP contribution < -0.4 is 5.32 Å². The summed E-state index contributed by atoms with van der Waals surface area (Å²) in [7, 11) is 0. The highest BCUT2D eigenvalue weighted by Gasteiger charge is 2.09. The van der Waals surface area contributed by atoms with Gasteiger partial charge in [0, 0.05) is 23.1 Å². The van der Waals surface area contributed by atoms with Crippen LogP contribution in [0.2, 0.25) is 0 Å². The fraction of sp³-hybridized carbons (Fsp3) is 0.0952. The van der Waals surface area contributed by atoms with Gasteiger partial charge in [0.05, 0.1) is 17.5 Å². The fourth-order valence-corrected chi connectivity index (χ4v) is 3.31. The summed E-state index contributed by atoms with van der Waals surface area (Å²) in [6.45, 7) is 0. The average molecular weight is 354 g/mol. The summed E-state index contributed by atoms with van der Waals surface area (Å²) in [4.78, 5) is 19.5. The quantitative estimate of drug-likeness (QED) is 0.439. The highest BCUT2D eigenvalue weighted by Crippen LogP contribution is 2.24. The highest BCUT2D eigenvalue weighted by molar-refractivity contribution is 5.74. The molecule has 1 aliphatic heterocycles. The SMILES string of the molecule is c1cc2nc[nH]c(CCc3ccc(Nc4nc5ncccc5[nH]4)cc3)c-2c1. The zero-order valence-electron chi connectivity index (χ0n) is 14.6. The number of aromatic amines is 2. The number of fused-ring (bicyclic) bond motifs is 2. The maximum absolute atomic E-state index is 4.44. The molecule has 0 saturated carbocycles. The molecule has 0 atom stereocenters. The summed E-state index contributed by atoms with van der Waals surface area (Å²) in [5, 5.41) is 3.29. The number of H-pyrrole nitrogens is 2. The molecule has 0 fully saturated rings. The summed E-state index contributed by atoms with van der Waals surface area (Å²) in [5.41, 5.74) is 7.39. The molecule has 2 aromatic heterocycles. The minimum Gasteiger partial charge on any atom is -0.349 e. The van der Waals surface area contributed by atoms with Gasteiger partial charge in [-0.25, -0.2) is 9.97 Å². The Morgan fingerprint density at radius 1 is 0.889 bits per heavy atom. The maximum atomic E-state index is 4.44. The molecule has 27 heavy (non-hydrogen) atoms. The van der Waals surface area contributed by atoms with Crippen LogP contribution in [0.3, 0.4) is 0 Å². The third-order valence-electron chi connectivity index (χ3n) is 4.70. The molecule has 0 amide bonds. The Bertz CT molecular complexity index is 1120. The Labute approximate surface area is 156 Å². The predicted molar refractivity (Wildman–Crippen MR) is 106 cm³/mol. The van der Waals surface area contributed by atoms with E-state index >= 15 is 0 Å². The molecular weight excluding hydrogens is 336 g/mol. The van der Waals surface area contributed by atoms with Crippen LogP contribution in [0, 0.1) is 0 Å². The number of hydrogen-bond acceptors (Lipinski definition) is 4. The molecular formula is C21H18N6. The molecule has 1 aromatic carbocycles. The number of imidazole rings is 1. The number of anilines is 2. The zero-order chi connectivity index (χ0) is 18.1. The second-order valence-electron chi connectivity index (χ2n) is 6.49. The van der Waals surface area contributed by atoms with E-state index < -0.39 is 0 Å². The molecule has 132 valence electrons. The number of pyridine rings is 1. The lowest BCUT2D eigenvalue weighted by molar-refractivity contribution is 0.904. The van der Waals surface area contributed by atoms with Gasteiger partial charge in [0.25, 0.3) is 0 Å². The van der Waals surface area contributed by atoms with E-state index in [9.17, 15) is 0 Å². The minimum absolute atomic E-state index is 0.696. The molecule has 5 rings (SSSR count). The van der Waals surface area contributed by atoms with Crippen LogP contribution in [0.25, 0.3) is 22.4 Å². The van der Waals surface area contributed by atoms with Gasteiger partial charge in [-0.2, -0.15) is 4.98 Å². The normalized spacial score (nSPS) is 11.3. The molecule has 0 saturated heterocycles. The van der Waals surface area contributed by atoms with Gasteiger partial charge in [-0.1, -0.05) is 24.3 Å². The van der Waals surface area contributed by atoms with Crippen LogP contribution >= 0.6 is 0 Å². The lowest BCUT2D eigenvalue weighted by Crippen LogP contribution is -1.99. The number of nitrogens with one attached hydrogen (secondary N) is 3. The first-order valence-corrected chi connectivity index (χ1v) is 8.93. The van der Waals surface area contributed by atoms with Gasteiger partial charge in [-0.3, -0.25) is 0 Å². The molecule has 3 N–H and O–H groups in total. The van der Waals surface area contributed by atoms with Crippen LogP contribution in [-0.2, 0) is 12.8 Å². The van der Waals surface area contributed by atoms with Crippen molar-refractivity contribution in [2.24, 2.45) is 0 Å². The highest BCUT2D eigenvalue weighted by atomic mass is 15.1. The van der Waals surface area contributed by atoms with Crippen molar-refractivity contribution < 1.29 is 0 Å². The van der Waals surface area contributed by atoms with E-state index in [2.05, 4.69) is 60.6 Å². The minimum atomic E-state index is 0.696.